The second-order valence-corrected chi connectivity index (χ2v) is 5.76. The summed E-state index contributed by atoms with van der Waals surface area (Å²) in [6.07, 6.45) is 0. The van der Waals surface area contributed by atoms with E-state index < -0.39 is 0 Å². The molecule has 0 aliphatic rings. The van der Waals surface area contributed by atoms with E-state index in [2.05, 4.69) is 38.1 Å². The molecule has 0 radical (unpaired) electrons. The zero-order valence-corrected chi connectivity index (χ0v) is 12.9. The Morgan fingerprint density at radius 1 is 1.00 bits per heavy atom. The van der Waals surface area contributed by atoms with Gasteiger partial charge in [-0.1, -0.05) is 50.2 Å². The molecule has 0 amide bonds. The molecule has 21 heavy (non-hydrogen) atoms. The molecule has 1 unspecified atom stereocenters. The number of halogens is 1. The molecule has 0 fully saturated rings. The minimum absolute atomic E-state index is 0.143. The highest BCUT2D eigenvalue weighted by Gasteiger charge is 2.12. The average Bonchev–Trinajstić information content (AvgIpc) is 2.47. The lowest BCUT2D eigenvalue weighted by molar-refractivity contribution is 0.614. The fraction of sp³-hybridized carbons (Fsp3) is 0.333. The number of benzene rings is 2. The Morgan fingerprint density at radius 2 is 1.57 bits per heavy atom. The summed E-state index contributed by atoms with van der Waals surface area (Å²) in [6.45, 7) is 4.91. The molecule has 112 valence electrons. The van der Waals surface area contributed by atoms with Crippen LogP contribution in [0.1, 0.15) is 36.9 Å². The molecule has 3 heteroatoms. The van der Waals surface area contributed by atoms with Gasteiger partial charge in [-0.05, 0) is 29.2 Å². The molecular formula is C18H23FN2. The van der Waals surface area contributed by atoms with E-state index in [0.29, 0.717) is 18.2 Å². The van der Waals surface area contributed by atoms with Crippen LogP contribution in [0.15, 0.2) is 48.5 Å². The number of anilines is 1. The number of nitrogens with two attached hydrogens (primary N) is 1. The summed E-state index contributed by atoms with van der Waals surface area (Å²) in [5.74, 6) is 0.290. The lowest BCUT2D eigenvalue weighted by atomic mass is 9.99. The van der Waals surface area contributed by atoms with Crippen LogP contribution in [0.4, 0.5) is 10.1 Å². The van der Waals surface area contributed by atoms with E-state index >= 15 is 0 Å². The average molecular weight is 286 g/mol. The van der Waals surface area contributed by atoms with E-state index in [0.717, 1.165) is 5.56 Å². The largest absolute Gasteiger partial charge is 0.370 e. The van der Waals surface area contributed by atoms with Gasteiger partial charge in [0.2, 0.25) is 0 Å². The molecule has 2 aromatic carbocycles. The van der Waals surface area contributed by atoms with Crippen LogP contribution in [0.25, 0.3) is 0 Å². The first-order valence-electron chi connectivity index (χ1n) is 7.30. The molecule has 0 aliphatic heterocycles. The molecule has 0 saturated carbocycles. The van der Waals surface area contributed by atoms with Crippen molar-refractivity contribution in [3.05, 3.63) is 65.5 Å². The Kier molecular flexibility index (Phi) is 4.97. The first kappa shape index (κ1) is 15.5. The maximum absolute atomic E-state index is 13.8. The van der Waals surface area contributed by atoms with Crippen LogP contribution in [-0.2, 0) is 0 Å². The maximum Gasteiger partial charge on any atom is 0.146 e. The molecule has 0 saturated heterocycles. The minimum atomic E-state index is -0.220. The molecular weight excluding hydrogens is 263 g/mol. The van der Waals surface area contributed by atoms with Gasteiger partial charge in [-0.3, -0.25) is 0 Å². The van der Waals surface area contributed by atoms with Crippen LogP contribution < -0.4 is 10.6 Å². The second kappa shape index (κ2) is 6.72. The first-order valence-corrected chi connectivity index (χ1v) is 7.30. The van der Waals surface area contributed by atoms with Crippen molar-refractivity contribution in [1.82, 2.24) is 0 Å². The lowest BCUT2D eigenvalue weighted by Gasteiger charge is -2.24. The van der Waals surface area contributed by atoms with E-state index in [1.807, 2.05) is 18.0 Å². The van der Waals surface area contributed by atoms with Crippen molar-refractivity contribution < 1.29 is 4.39 Å². The Balaban J connectivity index is 2.07. The van der Waals surface area contributed by atoms with E-state index in [9.17, 15) is 4.39 Å². The highest BCUT2D eigenvalue weighted by molar-refractivity contribution is 5.47. The summed E-state index contributed by atoms with van der Waals surface area (Å²) in [5.41, 5.74) is 9.19. The number of likely N-dealkylation sites (N-methyl/N-ethyl adjacent to an activating group) is 1. The van der Waals surface area contributed by atoms with E-state index in [4.69, 9.17) is 5.73 Å². The monoisotopic (exact) mass is 286 g/mol. The summed E-state index contributed by atoms with van der Waals surface area (Å²) in [6, 6.07) is 15.0. The van der Waals surface area contributed by atoms with E-state index in [1.165, 1.54) is 11.6 Å². The highest BCUT2D eigenvalue weighted by Crippen LogP contribution is 2.21. The van der Waals surface area contributed by atoms with Crippen molar-refractivity contribution >= 4 is 5.69 Å². The summed E-state index contributed by atoms with van der Waals surface area (Å²) in [4.78, 5) is 1.86. The van der Waals surface area contributed by atoms with Crippen LogP contribution in [-0.4, -0.2) is 13.6 Å². The third-order valence-corrected chi connectivity index (χ3v) is 3.77. The number of hydrogen-bond acceptors (Lipinski definition) is 2. The topological polar surface area (TPSA) is 29.3 Å². The summed E-state index contributed by atoms with van der Waals surface area (Å²) < 4.78 is 13.8. The predicted octanol–water partition coefficient (Wildman–Crippen LogP) is 4.09. The Morgan fingerprint density at radius 3 is 2.14 bits per heavy atom. The van der Waals surface area contributed by atoms with E-state index in [-0.39, 0.29) is 11.9 Å². The Bertz CT molecular complexity index is 578. The van der Waals surface area contributed by atoms with Gasteiger partial charge in [-0.25, -0.2) is 4.39 Å². The van der Waals surface area contributed by atoms with Crippen molar-refractivity contribution in [2.24, 2.45) is 5.73 Å². The first-order chi connectivity index (χ1) is 9.99. The van der Waals surface area contributed by atoms with Crippen LogP contribution in [0, 0.1) is 5.82 Å². The van der Waals surface area contributed by atoms with Gasteiger partial charge >= 0.3 is 0 Å². The molecule has 0 spiro atoms. The molecule has 0 aromatic heterocycles. The van der Waals surface area contributed by atoms with Crippen LogP contribution in [0.2, 0.25) is 0 Å². The van der Waals surface area contributed by atoms with Crippen molar-refractivity contribution in [3.8, 4) is 0 Å². The molecule has 0 heterocycles. The van der Waals surface area contributed by atoms with Gasteiger partial charge in [0.05, 0.1) is 5.69 Å². The predicted molar refractivity (Wildman–Crippen MR) is 87.1 cm³/mol. The molecule has 0 aliphatic carbocycles. The highest BCUT2D eigenvalue weighted by atomic mass is 19.1. The fourth-order valence-corrected chi connectivity index (χ4v) is 2.39. The van der Waals surface area contributed by atoms with Crippen LogP contribution in [0.3, 0.4) is 0 Å². The smallest absolute Gasteiger partial charge is 0.146 e. The standard InChI is InChI=1S/C18H23FN2/c1-13(2)14-8-10-15(11-9-14)17(20)12-21(3)18-7-5-4-6-16(18)19/h4-11,13,17H,12,20H2,1-3H3. The molecule has 2 rings (SSSR count). The Hall–Kier alpha value is -1.87. The van der Waals surface area contributed by atoms with Crippen LogP contribution in [0.5, 0.6) is 0 Å². The summed E-state index contributed by atoms with van der Waals surface area (Å²) in [7, 11) is 1.86. The second-order valence-electron chi connectivity index (χ2n) is 5.76. The molecule has 2 aromatic rings. The number of nitrogens with zero attached hydrogens (tertiary/aromatic N) is 1. The number of para-hydroxylation sites is 1. The van der Waals surface area contributed by atoms with Crippen LogP contribution >= 0.6 is 0 Å². The maximum atomic E-state index is 13.8. The van der Waals surface area contributed by atoms with Gasteiger partial charge in [0.1, 0.15) is 5.82 Å². The van der Waals surface area contributed by atoms with Gasteiger partial charge in [-0.15, -0.1) is 0 Å². The van der Waals surface area contributed by atoms with Gasteiger partial charge in [0.15, 0.2) is 0 Å². The van der Waals surface area contributed by atoms with Crippen molar-refractivity contribution in [3.63, 3.8) is 0 Å². The summed E-state index contributed by atoms with van der Waals surface area (Å²) >= 11 is 0. The normalized spacial score (nSPS) is 12.5. The molecule has 2 N–H and O–H groups in total. The number of hydrogen-bond donors (Lipinski definition) is 1. The lowest BCUT2D eigenvalue weighted by Crippen LogP contribution is -2.29. The van der Waals surface area contributed by atoms with Gasteiger partial charge in [0, 0.05) is 19.6 Å². The fourth-order valence-electron chi connectivity index (χ4n) is 2.39. The van der Waals surface area contributed by atoms with E-state index in [1.54, 1.807) is 12.1 Å². The van der Waals surface area contributed by atoms with Gasteiger partial charge < -0.3 is 10.6 Å². The zero-order chi connectivity index (χ0) is 15.4. The quantitative estimate of drug-likeness (QED) is 0.897. The molecule has 2 nitrogen and oxygen atoms in total. The Labute approximate surface area is 126 Å². The number of rotatable bonds is 5. The van der Waals surface area contributed by atoms with Crippen molar-refractivity contribution in [2.75, 3.05) is 18.5 Å². The zero-order valence-electron chi connectivity index (χ0n) is 12.9. The third-order valence-electron chi connectivity index (χ3n) is 3.77. The molecule has 1 atom stereocenters. The molecule has 0 bridgehead atoms. The van der Waals surface area contributed by atoms with Crippen molar-refractivity contribution in [2.45, 2.75) is 25.8 Å². The SMILES string of the molecule is CC(C)c1ccc(C(N)CN(C)c2ccccc2F)cc1. The minimum Gasteiger partial charge on any atom is -0.370 e. The van der Waals surface area contributed by atoms with Crippen molar-refractivity contribution in [1.29, 1.82) is 0 Å². The van der Waals surface area contributed by atoms with Gasteiger partial charge in [0.25, 0.3) is 0 Å². The van der Waals surface area contributed by atoms with Gasteiger partial charge in [-0.2, -0.15) is 0 Å². The third kappa shape index (κ3) is 3.82. The summed E-state index contributed by atoms with van der Waals surface area (Å²) in [5, 5.41) is 0.